The standard InChI is InChI=1S/C18H20N2O2.C18H21NO2.C18H19NO2/c1-3-13(2)17(21)19-16-11-9-14(10-12-16)18(22)20-15-7-5-4-6-8-15;1-3-14(2)18(20)19-16-11-9-15(10-12-16)13-21-17-7-5-4-6-8-17;1-3-13(2)18(21)19-16-11-9-15(10-12-16)17(20)14-7-5-4-6-8-14/h4-13H,3H2,1-2H3,(H,19,21)(H,20,22);4-12,14H,3,13H2,1-2H3,(H,19,20);4-13H,3H2,1-2H3,(H,19,21). The lowest BCUT2D eigenvalue weighted by molar-refractivity contribution is -0.120. The van der Waals surface area contributed by atoms with E-state index < -0.39 is 0 Å². The van der Waals surface area contributed by atoms with Gasteiger partial charge in [0.2, 0.25) is 17.7 Å². The summed E-state index contributed by atoms with van der Waals surface area (Å²) < 4.78 is 5.68. The van der Waals surface area contributed by atoms with Crippen LogP contribution in [0.25, 0.3) is 0 Å². The number of carbonyl (C=O) groups is 5. The smallest absolute Gasteiger partial charge is 0.255 e. The lowest BCUT2D eigenvalue weighted by Crippen LogP contribution is -2.19. The summed E-state index contributed by atoms with van der Waals surface area (Å²) in [5.74, 6) is 0.699. The Morgan fingerprint density at radius 1 is 0.406 bits per heavy atom. The Morgan fingerprint density at radius 3 is 1.17 bits per heavy atom. The van der Waals surface area contributed by atoms with Crippen molar-refractivity contribution in [2.45, 2.75) is 67.4 Å². The maximum Gasteiger partial charge on any atom is 0.255 e. The summed E-state index contributed by atoms with van der Waals surface area (Å²) in [7, 11) is 0. The van der Waals surface area contributed by atoms with E-state index in [-0.39, 0.29) is 47.2 Å². The van der Waals surface area contributed by atoms with Crippen molar-refractivity contribution in [3.05, 3.63) is 186 Å². The Morgan fingerprint density at radius 2 is 0.750 bits per heavy atom. The zero-order valence-corrected chi connectivity index (χ0v) is 37.6. The SMILES string of the molecule is CCC(C)C(=O)Nc1ccc(C(=O)Nc2ccccc2)cc1.CCC(C)C(=O)Nc1ccc(C(=O)c2ccccc2)cc1.CCC(C)C(=O)Nc1ccc(COc2ccccc2)cc1. The average molecular weight is 861 g/mol. The third-order valence-corrected chi connectivity index (χ3v) is 10.4. The van der Waals surface area contributed by atoms with Gasteiger partial charge in [-0.15, -0.1) is 0 Å². The van der Waals surface area contributed by atoms with Crippen LogP contribution in [0.15, 0.2) is 164 Å². The summed E-state index contributed by atoms with van der Waals surface area (Å²) in [5.41, 5.74) is 5.87. The minimum absolute atomic E-state index is 0.000337. The van der Waals surface area contributed by atoms with Crippen molar-refractivity contribution >= 4 is 52.2 Å². The normalized spacial score (nSPS) is 11.7. The van der Waals surface area contributed by atoms with Crippen LogP contribution in [-0.4, -0.2) is 29.4 Å². The predicted octanol–water partition coefficient (Wildman–Crippen LogP) is 12.1. The number of benzene rings is 6. The van der Waals surface area contributed by atoms with Gasteiger partial charge in [-0.25, -0.2) is 0 Å². The summed E-state index contributed by atoms with van der Waals surface area (Å²) >= 11 is 0. The molecule has 0 bridgehead atoms. The Labute approximate surface area is 377 Å². The highest BCUT2D eigenvalue weighted by Gasteiger charge is 2.14. The van der Waals surface area contributed by atoms with Crippen LogP contribution in [0.4, 0.5) is 22.7 Å². The van der Waals surface area contributed by atoms with Gasteiger partial charge in [0.15, 0.2) is 5.78 Å². The molecule has 0 heterocycles. The number of hydrogen-bond donors (Lipinski definition) is 4. The van der Waals surface area contributed by atoms with Gasteiger partial charge in [-0.05, 0) is 110 Å². The number of para-hydroxylation sites is 2. The minimum atomic E-state index is -0.175. The first kappa shape index (κ1) is 49.3. The molecule has 0 spiro atoms. The van der Waals surface area contributed by atoms with E-state index in [2.05, 4.69) is 21.3 Å². The lowest BCUT2D eigenvalue weighted by atomic mass is 10.0. The van der Waals surface area contributed by atoms with Gasteiger partial charge in [-0.1, -0.05) is 120 Å². The Bertz CT molecular complexity index is 2350. The molecule has 0 saturated heterocycles. The highest BCUT2D eigenvalue weighted by molar-refractivity contribution is 6.09. The first-order valence-electron chi connectivity index (χ1n) is 21.8. The molecule has 64 heavy (non-hydrogen) atoms. The fraction of sp³-hybridized carbons (Fsp3) is 0.241. The van der Waals surface area contributed by atoms with Crippen LogP contribution >= 0.6 is 0 Å². The van der Waals surface area contributed by atoms with E-state index in [0.717, 1.165) is 42.0 Å². The molecule has 0 saturated carbocycles. The molecule has 0 radical (unpaired) electrons. The van der Waals surface area contributed by atoms with E-state index >= 15 is 0 Å². The van der Waals surface area contributed by atoms with Crippen LogP contribution in [-0.2, 0) is 21.0 Å². The highest BCUT2D eigenvalue weighted by atomic mass is 16.5. The van der Waals surface area contributed by atoms with Crippen LogP contribution in [0.5, 0.6) is 5.75 Å². The van der Waals surface area contributed by atoms with Gasteiger partial charge in [0.1, 0.15) is 12.4 Å². The van der Waals surface area contributed by atoms with E-state index in [4.69, 9.17) is 4.74 Å². The molecule has 6 aromatic rings. The van der Waals surface area contributed by atoms with Crippen LogP contribution in [0.3, 0.4) is 0 Å². The predicted molar refractivity (Wildman–Crippen MR) is 259 cm³/mol. The third kappa shape index (κ3) is 16.5. The number of nitrogens with one attached hydrogen (secondary N) is 4. The first-order valence-corrected chi connectivity index (χ1v) is 21.8. The molecule has 3 unspecified atom stereocenters. The zero-order valence-electron chi connectivity index (χ0n) is 37.6. The number of amides is 4. The molecular formula is C54H60N4O6. The van der Waals surface area contributed by atoms with Crippen LogP contribution in [0.1, 0.15) is 92.6 Å². The molecule has 0 fully saturated rings. The van der Waals surface area contributed by atoms with E-state index in [1.54, 1.807) is 60.7 Å². The van der Waals surface area contributed by atoms with Gasteiger partial charge in [0.25, 0.3) is 5.91 Å². The molecule has 3 atom stereocenters. The molecule has 4 amide bonds. The minimum Gasteiger partial charge on any atom is -0.489 e. The molecule has 332 valence electrons. The molecule has 0 aliphatic heterocycles. The average Bonchev–Trinajstić information content (AvgIpc) is 3.34. The van der Waals surface area contributed by atoms with E-state index in [0.29, 0.717) is 34.7 Å². The van der Waals surface area contributed by atoms with Crippen LogP contribution in [0.2, 0.25) is 0 Å². The maximum atomic E-state index is 12.2. The molecular weight excluding hydrogens is 801 g/mol. The maximum absolute atomic E-state index is 12.2. The largest absolute Gasteiger partial charge is 0.489 e. The quantitative estimate of drug-likeness (QED) is 0.0714. The number of ether oxygens (including phenoxy) is 1. The molecule has 0 aromatic heterocycles. The topological polar surface area (TPSA) is 143 Å². The van der Waals surface area contributed by atoms with E-state index in [9.17, 15) is 24.0 Å². The Balaban J connectivity index is 0.000000210. The van der Waals surface area contributed by atoms with E-state index in [1.807, 2.05) is 145 Å². The van der Waals surface area contributed by atoms with Crippen molar-refractivity contribution in [2.75, 3.05) is 21.3 Å². The highest BCUT2D eigenvalue weighted by Crippen LogP contribution is 2.18. The monoisotopic (exact) mass is 860 g/mol. The lowest BCUT2D eigenvalue weighted by Gasteiger charge is -2.11. The summed E-state index contributed by atoms with van der Waals surface area (Å²) in [5, 5.41) is 11.4. The van der Waals surface area contributed by atoms with Crippen LogP contribution < -0.4 is 26.0 Å². The second-order valence-electron chi connectivity index (χ2n) is 15.4. The second-order valence-corrected chi connectivity index (χ2v) is 15.4. The molecule has 6 aromatic carbocycles. The summed E-state index contributed by atoms with van der Waals surface area (Å²) in [6.45, 7) is 12.2. The molecule has 10 nitrogen and oxygen atoms in total. The molecule has 6 rings (SSSR count). The Hall–Kier alpha value is -7.33. The van der Waals surface area contributed by atoms with Crippen molar-refractivity contribution in [1.82, 2.24) is 0 Å². The van der Waals surface area contributed by atoms with Gasteiger partial charge in [-0.2, -0.15) is 0 Å². The van der Waals surface area contributed by atoms with Gasteiger partial charge >= 0.3 is 0 Å². The zero-order chi connectivity index (χ0) is 46.3. The van der Waals surface area contributed by atoms with Crippen molar-refractivity contribution in [2.24, 2.45) is 17.8 Å². The summed E-state index contributed by atoms with van der Waals surface area (Å²) in [6, 6.07) is 49.8. The number of carbonyl (C=O) groups excluding carboxylic acids is 5. The first-order chi connectivity index (χ1) is 30.9. The third-order valence-electron chi connectivity index (χ3n) is 10.4. The van der Waals surface area contributed by atoms with Crippen molar-refractivity contribution in [3.63, 3.8) is 0 Å². The van der Waals surface area contributed by atoms with Gasteiger partial charge in [0.05, 0.1) is 0 Å². The van der Waals surface area contributed by atoms with Crippen molar-refractivity contribution < 1.29 is 28.7 Å². The molecule has 0 aliphatic rings. The van der Waals surface area contributed by atoms with Gasteiger partial charge in [-0.3, -0.25) is 24.0 Å². The number of anilines is 4. The number of rotatable bonds is 16. The molecule has 0 aliphatic carbocycles. The van der Waals surface area contributed by atoms with Gasteiger partial charge < -0.3 is 26.0 Å². The van der Waals surface area contributed by atoms with Crippen molar-refractivity contribution in [1.29, 1.82) is 0 Å². The Kier molecular flexibility index (Phi) is 20.2. The number of ketones is 1. The van der Waals surface area contributed by atoms with Crippen molar-refractivity contribution in [3.8, 4) is 5.75 Å². The summed E-state index contributed by atoms with van der Waals surface area (Å²) in [6.07, 6.45) is 2.44. The number of hydrogen-bond acceptors (Lipinski definition) is 6. The van der Waals surface area contributed by atoms with E-state index in [1.165, 1.54) is 0 Å². The van der Waals surface area contributed by atoms with Crippen LogP contribution in [0, 0.1) is 17.8 Å². The fourth-order valence-corrected chi connectivity index (χ4v) is 5.61. The molecule has 4 N–H and O–H groups in total. The summed E-state index contributed by atoms with van der Waals surface area (Å²) in [4.78, 5) is 59.8. The van der Waals surface area contributed by atoms with Gasteiger partial charge in [0, 0.05) is 57.2 Å². The fourth-order valence-electron chi connectivity index (χ4n) is 5.61. The molecule has 10 heteroatoms. The second kappa shape index (κ2) is 26.2.